The molecule has 1 aromatic carbocycles. The fourth-order valence-electron chi connectivity index (χ4n) is 1.27. The summed E-state index contributed by atoms with van der Waals surface area (Å²) in [6, 6.07) is 10.1. The van der Waals surface area contributed by atoms with Crippen molar-refractivity contribution in [2.24, 2.45) is 0 Å². The molecule has 0 aromatic heterocycles. The van der Waals surface area contributed by atoms with E-state index >= 15 is 0 Å². The van der Waals surface area contributed by atoms with E-state index in [4.69, 9.17) is 5.11 Å². The summed E-state index contributed by atoms with van der Waals surface area (Å²) in [5.74, 6) is 0. The van der Waals surface area contributed by atoms with Crippen molar-refractivity contribution >= 4 is 0 Å². The van der Waals surface area contributed by atoms with Gasteiger partial charge in [-0.2, -0.15) is 0 Å². The highest BCUT2D eigenvalue weighted by Crippen LogP contribution is 2.06. The predicted octanol–water partition coefficient (Wildman–Crippen LogP) is 3.41. The third kappa shape index (κ3) is 11.4. The Morgan fingerprint density at radius 1 is 0.941 bits per heavy atom. The van der Waals surface area contributed by atoms with E-state index in [1.807, 2.05) is 58.0 Å². The zero-order valence-corrected chi connectivity index (χ0v) is 11.7. The van der Waals surface area contributed by atoms with Crippen molar-refractivity contribution in [3.05, 3.63) is 35.9 Å². The minimum atomic E-state index is -0.370. The zero-order valence-electron chi connectivity index (χ0n) is 11.7. The van der Waals surface area contributed by atoms with Gasteiger partial charge in [-0.15, -0.1) is 0 Å². The summed E-state index contributed by atoms with van der Waals surface area (Å²) in [4.78, 5) is 0. The van der Waals surface area contributed by atoms with Crippen molar-refractivity contribution in [3.63, 3.8) is 0 Å². The lowest BCUT2D eigenvalue weighted by Crippen LogP contribution is -2.09. The molecule has 2 nitrogen and oxygen atoms in total. The fourth-order valence-corrected chi connectivity index (χ4v) is 1.27. The standard InChI is InChI=1S/C11H16O2.2C2H6/c12-9-8-11(13)7-6-10-4-2-1-3-5-10;2*1-2/h1-5,11-13H,6-9H2;2*1-2H3/t11-;;/m0../s1. The first-order chi connectivity index (χ1) is 8.33. The molecule has 0 aliphatic carbocycles. The van der Waals surface area contributed by atoms with Gasteiger partial charge in [0, 0.05) is 6.61 Å². The van der Waals surface area contributed by atoms with Gasteiger partial charge >= 0.3 is 0 Å². The molecule has 2 heteroatoms. The molecule has 0 aliphatic heterocycles. The summed E-state index contributed by atoms with van der Waals surface area (Å²) >= 11 is 0. The first-order valence-electron chi connectivity index (χ1n) is 6.66. The summed E-state index contributed by atoms with van der Waals surface area (Å²) in [6.45, 7) is 8.07. The van der Waals surface area contributed by atoms with Crippen LogP contribution in [0.2, 0.25) is 0 Å². The third-order valence-corrected chi connectivity index (χ3v) is 2.07. The van der Waals surface area contributed by atoms with E-state index in [1.165, 1.54) is 5.56 Å². The van der Waals surface area contributed by atoms with Gasteiger partial charge in [-0.25, -0.2) is 0 Å². The van der Waals surface area contributed by atoms with E-state index in [-0.39, 0.29) is 12.7 Å². The van der Waals surface area contributed by atoms with E-state index in [2.05, 4.69) is 0 Å². The normalized spacial score (nSPS) is 10.5. The second-order valence-corrected chi connectivity index (χ2v) is 3.19. The molecule has 0 saturated carbocycles. The van der Waals surface area contributed by atoms with Crippen LogP contribution in [-0.4, -0.2) is 22.9 Å². The van der Waals surface area contributed by atoms with Crippen LogP contribution in [0.5, 0.6) is 0 Å². The van der Waals surface area contributed by atoms with Gasteiger partial charge in [-0.3, -0.25) is 0 Å². The monoisotopic (exact) mass is 240 g/mol. The average molecular weight is 240 g/mol. The zero-order chi connectivity index (χ0) is 13.5. The number of aliphatic hydroxyl groups excluding tert-OH is 2. The quantitative estimate of drug-likeness (QED) is 0.828. The topological polar surface area (TPSA) is 40.5 Å². The number of rotatable bonds is 5. The van der Waals surface area contributed by atoms with Crippen LogP contribution in [0.4, 0.5) is 0 Å². The molecule has 1 aromatic rings. The van der Waals surface area contributed by atoms with Crippen LogP contribution in [0.1, 0.15) is 46.1 Å². The molecule has 0 spiro atoms. The van der Waals surface area contributed by atoms with Gasteiger partial charge in [0.05, 0.1) is 6.10 Å². The lowest BCUT2D eigenvalue weighted by atomic mass is 10.1. The number of aryl methyl sites for hydroxylation is 1. The molecule has 0 amide bonds. The number of hydrogen-bond acceptors (Lipinski definition) is 2. The molecule has 0 unspecified atom stereocenters. The third-order valence-electron chi connectivity index (χ3n) is 2.07. The number of aliphatic hydroxyl groups is 2. The molecule has 1 rings (SSSR count). The maximum atomic E-state index is 9.35. The summed E-state index contributed by atoms with van der Waals surface area (Å²) in [5, 5.41) is 17.9. The van der Waals surface area contributed by atoms with Crippen LogP contribution in [0.3, 0.4) is 0 Å². The highest BCUT2D eigenvalue weighted by Gasteiger charge is 2.02. The Hall–Kier alpha value is -0.860. The van der Waals surface area contributed by atoms with E-state index in [9.17, 15) is 5.11 Å². The first kappa shape index (κ1) is 18.5. The highest BCUT2D eigenvalue weighted by atomic mass is 16.3. The van der Waals surface area contributed by atoms with Crippen LogP contribution in [0.15, 0.2) is 30.3 Å². The van der Waals surface area contributed by atoms with E-state index in [1.54, 1.807) is 0 Å². The molecular weight excluding hydrogens is 212 g/mol. The molecule has 0 radical (unpaired) electrons. The maximum absolute atomic E-state index is 9.35. The van der Waals surface area contributed by atoms with E-state index in [0.29, 0.717) is 6.42 Å². The summed E-state index contributed by atoms with van der Waals surface area (Å²) in [6.07, 6.45) is 1.71. The van der Waals surface area contributed by atoms with Gasteiger partial charge in [0.2, 0.25) is 0 Å². The minimum Gasteiger partial charge on any atom is -0.396 e. The Balaban J connectivity index is 0. The van der Waals surface area contributed by atoms with Crippen LogP contribution >= 0.6 is 0 Å². The van der Waals surface area contributed by atoms with Crippen LogP contribution in [-0.2, 0) is 6.42 Å². The Bertz CT molecular complexity index is 222. The predicted molar refractivity (Wildman–Crippen MR) is 75.2 cm³/mol. The Morgan fingerprint density at radius 3 is 1.94 bits per heavy atom. The SMILES string of the molecule is CC.CC.OCC[C@@H](O)CCc1ccccc1. The smallest absolute Gasteiger partial charge is 0.0565 e. The van der Waals surface area contributed by atoms with Crippen LogP contribution in [0.25, 0.3) is 0 Å². The summed E-state index contributed by atoms with van der Waals surface area (Å²) in [7, 11) is 0. The van der Waals surface area contributed by atoms with Crippen molar-refractivity contribution in [2.75, 3.05) is 6.61 Å². The second kappa shape index (κ2) is 15.1. The van der Waals surface area contributed by atoms with E-state index in [0.717, 1.165) is 12.8 Å². The average Bonchev–Trinajstić information content (AvgIpc) is 2.43. The van der Waals surface area contributed by atoms with Gasteiger partial charge in [0.25, 0.3) is 0 Å². The molecular formula is C15H28O2. The highest BCUT2D eigenvalue weighted by molar-refractivity contribution is 5.14. The van der Waals surface area contributed by atoms with Gasteiger partial charge < -0.3 is 10.2 Å². The van der Waals surface area contributed by atoms with Crippen LogP contribution < -0.4 is 0 Å². The molecule has 1 atom stereocenters. The maximum Gasteiger partial charge on any atom is 0.0565 e. The molecule has 0 saturated heterocycles. The van der Waals surface area contributed by atoms with Gasteiger partial charge in [-0.1, -0.05) is 58.0 Å². The largest absolute Gasteiger partial charge is 0.396 e. The van der Waals surface area contributed by atoms with Gasteiger partial charge in [0.15, 0.2) is 0 Å². The van der Waals surface area contributed by atoms with Crippen molar-refractivity contribution in [1.82, 2.24) is 0 Å². The molecule has 2 N–H and O–H groups in total. The lowest BCUT2D eigenvalue weighted by molar-refractivity contribution is 0.125. The Kier molecular flexibility index (Phi) is 16.5. The molecule has 0 bridgehead atoms. The van der Waals surface area contributed by atoms with Crippen molar-refractivity contribution in [3.8, 4) is 0 Å². The fraction of sp³-hybridized carbons (Fsp3) is 0.600. The van der Waals surface area contributed by atoms with Gasteiger partial charge in [0.1, 0.15) is 0 Å². The molecule has 0 heterocycles. The van der Waals surface area contributed by atoms with E-state index < -0.39 is 0 Å². The van der Waals surface area contributed by atoms with Gasteiger partial charge in [-0.05, 0) is 24.8 Å². The summed E-state index contributed by atoms with van der Waals surface area (Å²) < 4.78 is 0. The molecule has 0 aliphatic rings. The van der Waals surface area contributed by atoms with Crippen LogP contribution in [0, 0.1) is 0 Å². The lowest BCUT2D eigenvalue weighted by Gasteiger charge is -2.07. The number of benzene rings is 1. The minimum absolute atomic E-state index is 0.0654. The Labute approximate surface area is 106 Å². The first-order valence-corrected chi connectivity index (χ1v) is 6.66. The number of hydrogen-bond donors (Lipinski definition) is 2. The molecule has 100 valence electrons. The second-order valence-electron chi connectivity index (χ2n) is 3.19. The Morgan fingerprint density at radius 2 is 1.47 bits per heavy atom. The van der Waals surface area contributed by atoms with Crippen molar-refractivity contribution < 1.29 is 10.2 Å². The summed E-state index contributed by atoms with van der Waals surface area (Å²) in [5.41, 5.74) is 1.24. The van der Waals surface area contributed by atoms with Crippen molar-refractivity contribution in [2.45, 2.75) is 53.1 Å². The molecule has 17 heavy (non-hydrogen) atoms. The molecule has 0 fully saturated rings. The van der Waals surface area contributed by atoms with Crippen molar-refractivity contribution in [1.29, 1.82) is 0 Å².